The quantitative estimate of drug-likeness (QED) is 0.542. The van der Waals surface area contributed by atoms with Crippen LogP contribution in [0.3, 0.4) is 0 Å². The lowest BCUT2D eigenvalue weighted by Crippen LogP contribution is -2.45. The lowest BCUT2D eigenvalue weighted by Gasteiger charge is -2.20. The van der Waals surface area contributed by atoms with Gasteiger partial charge in [0.1, 0.15) is 16.9 Å². The van der Waals surface area contributed by atoms with Gasteiger partial charge in [0.25, 0.3) is 11.5 Å². The maximum Gasteiger partial charge on any atom is 0.325 e. The van der Waals surface area contributed by atoms with Gasteiger partial charge in [0, 0.05) is 18.0 Å². The number of carbonyl (C=O) groups excluding carboxylic acids is 3. The first-order valence-electron chi connectivity index (χ1n) is 10.9. The number of urea groups is 1. The number of imide groups is 1. The Hall–Kier alpha value is -3.53. The monoisotopic (exact) mass is 465 g/mol. The largest absolute Gasteiger partial charge is 0.353 e. The number of carbonyl (C=O) groups is 3. The number of benzene rings is 1. The molecule has 1 saturated heterocycles. The van der Waals surface area contributed by atoms with E-state index in [1.807, 2.05) is 30.3 Å². The molecule has 170 valence electrons. The number of nitrogens with one attached hydrogen (secondary N) is 2. The summed E-state index contributed by atoms with van der Waals surface area (Å²) in [6.07, 6.45) is 4.53. The van der Waals surface area contributed by atoms with Crippen molar-refractivity contribution in [2.75, 3.05) is 13.1 Å². The molecule has 1 aromatic carbocycles. The van der Waals surface area contributed by atoms with Crippen molar-refractivity contribution in [3.8, 4) is 10.4 Å². The Bertz CT molecular complexity index is 1290. The molecule has 3 aromatic rings. The predicted molar refractivity (Wildman–Crippen MR) is 124 cm³/mol. The van der Waals surface area contributed by atoms with E-state index in [4.69, 9.17) is 0 Å². The van der Waals surface area contributed by atoms with Crippen LogP contribution in [-0.4, -0.2) is 50.9 Å². The summed E-state index contributed by atoms with van der Waals surface area (Å²) < 4.78 is 1.26. The van der Waals surface area contributed by atoms with E-state index >= 15 is 0 Å². The van der Waals surface area contributed by atoms with Crippen LogP contribution in [0.15, 0.2) is 47.5 Å². The molecule has 33 heavy (non-hydrogen) atoms. The Labute approximate surface area is 193 Å². The maximum atomic E-state index is 12.9. The van der Waals surface area contributed by atoms with Gasteiger partial charge in [-0.15, -0.1) is 11.3 Å². The Morgan fingerprint density at radius 1 is 1.15 bits per heavy atom. The molecular formula is C23H23N5O4S. The maximum absolute atomic E-state index is 12.9. The molecule has 10 heteroatoms. The number of hydrogen-bond donors (Lipinski definition) is 2. The summed E-state index contributed by atoms with van der Waals surface area (Å²) in [4.78, 5) is 57.2. The molecule has 2 N–H and O–H groups in total. The molecule has 1 spiro atoms. The lowest BCUT2D eigenvalue weighted by molar-refractivity contribution is -0.131. The molecule has 1 saturated carbocycles. The minimum absolute atomic E-state index is 0.0926. The fourth-order valence-corrected chi connectivity index (χ4v) is 5.53. The number of amides is 4. The second kappa shape index (κ2) is 8.43. The molecule has 9 nitrogen and oxygen atoms in total. The minimum Gasteiger partial charge on any atom is -0.353 e. The van der Waals surface area contributed by atoms with Gasteiger partial charge >= 0.3 is 6.03 Å². The first-order valence-corrected chi connectivity index (χ1v) is 11.7. The van der Waals surface area contributed by atoms with Gasteiger partial charge in [0.05, 0.1) is 11.7 Å². The number of aromatic nitrogens is 2. The van der Waals surface area contributed by atoms with E-state index in [9.17, 15) is 19.2 Å². The smallest absolute Gasteiger partial charge is 0.325 e. The van der Waals surface area contributed by atoms with Crippen LogP contribution in [-0.2, 0) is 16.1 Å². The van der Waals surface area contributed by atoms with Crippen molar-refractivity contribution >= 4 is 39.4 Å². The van der Waals surface area contributed by atoms with Crippen LogP contribution in [0, 0.1) is 0 Å². The summed E-state index contributed by atoms with van der Waals surface area (Å²) in [6.45, 7) is 0.0206. The standard InChI is InChI=1S/C23H23N5O4S/c29-18(24-10-11-28-21(31)23(26-22(28)32)8-4-5-9-23)13-27-14-25-19-16(20(27)30)12-17(33-19)15-6-2-1-3-7-15/h1-3,6-7,12,14H,4-5,8-11,13H2,(H,24,29)(H,26,32). The first kappa shape index (κ1) is 21.3. The third-order valence-corrected chi connectivity index (χ3v) is 7.34. The molecule has 3 heterocycles. The van der Waals surface area contributed by atoms with Gasteiger partial charge in [-0.25, -0.2) is 9.78 Å². The Morgan fingerprint density at radius 2 is 1.91 bits per heavy atom. The zero-order chi connectivity index (χ0) is 23.0. The second-order valence-corrected chi connectivity index (χ2v) is 9.43. The van der Waals surface area contributed by atoms with Crippen molar-refractivity contribution in [3.05, 3.63) is 53.1 Å². The summed E-state index contributed by atoms with van der Waals surface area (Å²) in [7, 11) is 0. The fourth-order valence-electron chi connectivity index (χ4n) is 4.53. The van der Waals surface area contributed by atoms with Crippen LogP contribution in [0.2, 0.25) is 0 Å². The molecule has 4 amide bonds. The second-order valence-electron chi connectivity index (χ2n) is 8.40. The number of rotatable bonds is 6. The molecule has 0 bridgehead atoms. The Kier molecular flexibility index (Phi) is 5.45. The molecule has 1 aliphatic heterocycles. The number of nitrogens with zero attached hydrogens (tertiary/aromatic N) is 3. The first-order chi connectivity index (χ1) is 16.0. The van der Waals surface area contributed by atoms with Gasteiger partial charge in [0.15, 0.2) is 0 Å². The molecule has 2 aliphatic rings. The molecular weight excluding hydrogens is 442 g/mol. The van der Waals surface area contributed by atoms with E-state index in [0.29, 0.717) is 23.1 Å². The highest BCUT2D eigenvalue weighted by Crippen LogP contribution is 2.35. The summed E-state index contributed by atoms with van der Waals surface area (Å²) in [5.74, 6) is -0.601. The average Bonchev–Trinajstić information content (AvgIpc) is 3.52. The fraction of sp³-hybridized carbons (Fsp3) is 0.348. The van der Waals surface area contributed by atoms with Crippen LogP contribution in [0.4, 0.5) is 4.79 Å². The zero-order valence-corrected chi connectivity index (χ0v) is 18.7. The van der Waals surface area contributed by atoms with E-state index in [-0.39, 0.29) is 37.0 Å². The van der Waals surface area contributed by atoms with Gasteiger partial charge in [0.2, 0.25) is 5.91 Å². The third-order valence-electron chi connectivity index (χ3n) is 6.25. The van der Waals surface area contributed by atoms with Gasteiger partial charge in [-0.3, -0.25) is 23.9 Å². The molecule has 0 unspecified atom stereocenters. The average molecular weight is 466 g/mol. The van der Waals surface area contributed by atoms with Gasteiger partial charge < -0.3 is 10.6 Å². The summed E-state index contributed by atoms with van der Waals surface area (Å²) in [5, 5.41) is 5.97. The SMILES string of the molecule is O=C(Cn1cnc2sc(-c3ccccc3)cc2c1=O)NCCN1C(=O)NC2(CCCC2)C1=O. The van der Waals surface area contributed by atoms with Gasteiger partial charge in [-0.1, -0.05) is 43.2 Å². The molecule has 0 atom stereocenters. The highest BCUT2D eigenvalue weighted by atomic mass is 32.1. The van der Waals surface area contributed by atoms with Crippen LogP contribution >= 0.6 is 11.3 Å². The Morgan fingerprint density at radius 3 is 2.67 bits per heavy atom. The number of hydrogen-bond acceptors (Lipinski definition) is 6. The van der Waals surface area contributed by atoms with Crippen molar-refractivity contribution in [1.82, 2.24) is 25.1 Å². The summed E-state index contributed by atoms with van der Waals surface area (Å²) in [6, 6.07) is 11.1. The van der Waals surface area contributed by atoms with Crippen LogP contribution in [0.25, 0.3) is 20.7 Å². The van der Waals surface area contributed by atoms with E-state index in [1.54, 1.807) is 6.07 Å². The van der Waals surface area contributed by atoms with Crippen molar-refractivity contribution in [2.45, 2.75) is 37.8 Å². The van der Waals surface area contributed by atoms with Gasteiger partial charge in [-0.05, 0) is 24.5 Å². The van der Waals surface area contributed by atoms with Crippen molar-refractivity contribution < 1.29 is 14.4 Å². The Balaban J connectivity index is 1.22. The molecule has 1 aliphatic carbocycles. The van der Waals surface area contributed by atoms with Crippen LogP contribution in [0.1, 0.15) is 25.7 Å². The summed E-state index contributed by atoms with van der Waals surface area (Å²) >= 11 is 1.43. The predicted octanol–water partition coefficient (Wildman–Crippen LogP) is 2.11. The van der Waals surface area contributed by atoms with Crippen molar-refractivity contribution in [1.29, 1.82) is 0 Å². The van der Waals surface area contributed by atoms with Crippen molar-refractivity contribution in [3.63, 3.8) is 0 Å². The van der Waals surface area contributed by atoms with Gasteiger partial charge in [-0.2, -0.15) is 0 Å². The zero-order valence-electron chi connectivity index (χ0n) is 17.9. The van der Waals surface area contributed by atoms with Crippen LogP contribution in [0.5, 0.6) is 0 Å². The van der Waals surface area contributed by atoms with E-state index in [1.165, 1.54) is 27.1 Å². The van der Waals surface area contributed by atoms with Crippen LogP contribution < -0.4 is 16.2 Å². The highest BCUT2D eigenvalue weighted by Gasteiger charge is 2.52. The molecule has 2 fully saturated rings. The van der Waals surface area contributed by atoms with Crippen molar-refractivity contribution in [2.24, 2.45) is 0 Å². The molecule has 2 aromatic heterocycles. The highest BCUT2D eigenvalue weighted by molar-refractivity contribution is 7.21. The normalized spacial score (nSPS) is 17.2. The minimum atomic E-state index is -0.755. The van der Waals surface area contributed by atoms with E-state index in [0.717, 1.165) is 23.3 Å². The topological polar surface area (TPSA) is 113 Å². The lowest BCUT2D eigenvalue weighted by atomic mass is 9.98. The van der Waals surface area contributed by atoms with E-state index in [2.05, 4.69) is 15.6 Å². The van der Waals surface area contributed by atoms with E-state index < -0.39 is 11.6 Å². The molecule has 5 rings (SSSR count). The number of thiophene rings is 1. The molecule has 0 radical (unpaired) electrons. The number of fused-ring (bicyclic) bond motifs is 1. The summed E-state index contributed by atoms with van der Waals surface area (Å²) in [5.41, 5.74) is -0.0378. The third kappa shape index (κ3) is 3.91.